The molecule has 0 aliphatic heterocycles. The van der Waals surface area contributed by atoms with Gasteiger partial charge in [0, 0.05) is 23.1 Å². The molecule has 2 aromatic rings. The highest BCUT2D eigenvalue weighted by Gasteiger charge is 2.08. The lowest BCUT2D eigenvalue weighted by atomic mass is 10.1. The lowest BCUT2D eigenvalue weighted by Crippen LogP contribution is -2.23. The Morgan fingerprint density at radius 3 is 2.43 bits per heavy atom. The molecule has 0 radical (unpaired) electrons. The summed E-state index contributed by atoms with van der Waals surface area (Å²) in [5.41, 5.74) is 2.34. The predicted molar refractivity (Wildman–Crippen MR) is 95.7 cm³/mol. The van der Waals surface area contributed by atoms with Gasteiger partial charge in [-0.2, -0.15) is 0 Å². The van der Waals surface area contributed by atoms with E-state index in [0.717, 1.165) is 16.9 Å². The molecule has 0 aliphatic carbocycles. The van der Waals surface area contributed by atoms with Crippen LogP contribution >= 0.6 is 11.8 Å². The van der Waals surface area contributed by atoms with E-state index < -0.39 is 0 Å². The van der Waals surface area contributed by atoms with E-state index in [2.05, 4.69) is 31.3 Å². The second-order valence-corrected chi connectivity index (χ2v) is 7.24. The van der Waals surface area contributed by atoms with Gasteiger partial charge in [-0.1, -0.05) is 36.8 Å². The van der Waals surface area contributed by atoms with Gasteiger partial charge in [0.15, 0.2) is 0 Å². The van der Waals surface area contributed by atoms with Crippen LogP contribution in [0.5, 0.6) is 5.75 Å². The monoisotopic (exact) mass is 329 g/mol. The number of amides is 1. The van der Waals surface area contributed by atoms with E-state index in [9.17, 15) is 9.90 Å². The smallest absolute Gasteiger partial charge is 0.220 e. The van der Waals surface area contributed by atoms with E-state index in [1.807, 2.05) is 24.3 Å². The third-order valence-corrected chi connectivity index (χ3v) is 4.74. The molecule has 2 rings (SSSR count). The minimum absolute atomic E-state index is 0.0868. The SMILES string of the molecule is Cc1ccc(CNC(=O)CCC(C)Sc2ccc(O)cc2)cc1. The summed E-state index contributed by atoms with van der Waals surface area (Å²) < 4.78 is 0. The average Bonchev–Trinajstić information content (AvgIpc) is 2.54. The zero-order valence-electron chi connectivity index (χ0n) is 13.6. The van der Waals surface area contributed by atoms with Crippen LogP contribution in [0.25, 0.3) is 0 Å². The maximum atomic E-state index is 11.9. The average molecular weight is 329 g/mol. The number of nitrogens with one attached hydrogen (secondary N) is 1. The minimum Gasteiger partial charge on any atom is -0.508 e. The van der Waals surface area contributed by atoms with Gasteiger partial charge in [0.25, 0.3) is 0 Å². The first-order valence-corrected chi connectivity index (χ1v) is 8.69. The number of rotatable bonds is 7. The van der Waals surface area contributed by atoms with E-state index in [4.69, 9.17) is 0 Å². The quantitative estimate of drug-likeness (QED) is 0.746. The normalized spacial score (nSPS) is 11.9. The molecule has 0 spiro atoms. The maximum Gasteiger partial charge on any atom is 0.220 e. The Kier molecular flexibility index (Phi) is 6.53. The zero-order chi connectivity index (χ0) is 16.7. The fourth-order valence-electron chi connectivity index (χ4n) is 2.15. The number of benzene rings is 2. The van der Waals surface area contributed by atoms with Crippen molar-refractivity contribution in [3.8, 4) is 5.75 Å². The first kappa shape index (κ1) is 17.4. The van der Waals surface area contributed by atoms with Crippen LogP contribution in [-0.4, -0.2) is 16.3 Å². The Morgan fingerprint density at radius 2 is 1.78 bits per heavy atom. The van der Waals surface area contributed by atoms with Crippen molar-refractivity contribution in [2.24, 2.45) is 0 Å². The molecular weight excluding hydrogens is 306 g/mol. The first-order chi connectivity index (χ1) is 11.0. The minimum atomic E-state index is 0.0868. The fraction of sp³-hybridized carbons (Fsp3) is 0.316. The fourth-order valence-corrected chi connectivity index (χ4v) is 3.14. The van der Waals surface area contributed by atoms with E-state index in [0.29, 0.717) is 18.2 Å². The summed E-state index contributed by atoms with van der Waals surface area (Å²) in [6, 6.07) is 15.3. The number of aryl methyl sites for hydroxylation is 1. The van der Waals surface area contributed by atoms with Crippen molar-refractivity contribution in [3.63, 3.8) is 0 Å². The summed E-state index contributed by atoms with van der Waals surface area (Å²) in [7, 11) is 0. The van der Waals surface area contributed by atoms with Crippen molar-refractivity contribution in [1.29, 1.82) is 0 Å². The molecule has 2 N–H and O–H groups in total. The summed E-state index contributed by atoms with van der Waals surface area (Å²) in [5, 5.41) is 12.6. The molecular formula is C19H23NO2S. The van der Waals surface area contributed by atoms with Crippen molar-refractivity contribution in [2.45, 2.75) is 43.4 Å². The number of hydrogen-bond donors (Lipinski definition) is 2. The van der Waals surface area contributed by atoms with Gasteiger partial charge in [-0.25, -0.2) is 0 Å². The molecule has 0 aromatic heterocycles. The van der Waals surface area contributed by atoms with E-state index in [-0.39, 0.29) is 11.7 Å². The van der Waals surface area contributed by atoms with Crippen molar-refractivity contribution in [2.75, 3.05) is 0 Å². The summed E-state index contributed by atoms with van der Waals surface area (Å²) in [6.45, 7) is 4.75. The summed E-state index contributed by atoms with van der Waals surface area (Å²) >= 11 is 1.72. The van der Waals surface area contributed by atoms with Gasteiger partial charge in [0.05, 0.1) is 0 Å². The molecule has 1 unspecified atom stereocenters. The Hall–Kier alpha value is -1.94. The third-order valence-electron chi connectivity index (χ3n) is 3.56. The summed E-state index contributed by atoms with van der Waals surface area (Å²) in [5.74, 6) is 0.362. The standard InChI is InChI=1S/C19H23NO2S/c1-14-3-6-16(7-4-14)13-20-19(22)12-5-15(2)23-18-10-8-17(21)9-11-18/h3-4,6-11,15,21H,5,12-13H2,1-2H3,(H,20,22). The van der Waals surface area contributed by atoms with Crippen LogP contribution in [0.2, 0.25) is 0 Å². The molecule has 23 heavy (non-hydrogen) atoms. The Bertz CT molecular complexity index is 623. The van der Waals surface area contributed by atoms with Crippen LogP contribution in [0.3, 0.4) is 0 Å². The van der Waals surface area contributed by atoms with Crippen LogP contribution in [0, 0.1) is 6.92 Å². The van der Waals surface area contributed by atoms with Crippen LogP contribution in [-0.2, 0) is 11.3 Å². The molecule has 0 fully saturated rings. The number of thioether (sulfide) groups is 1. The Morgan fingerprint density at radius 1 is 1.13 bits per heavy atom. The lowest BCUT2D eigenvalue weighted by Gasteiger charge is -2.11. The maximum absolute atomic E-state index is 11.9. The van der Waals surface area contributed by atoms with Gasteiger partial charge in [-0.05, 0) is 43.2 Å². The van der Waals surface area contributed by atoms with Gasteiger partial charge in [-0.15, -0.1) is 11.8 Å². The second-order valence-electron chi connectivity index (χ2n) is 5.72. The largest absolute Gasteiger partial charge is 0.508 e. The highest BCUT2D eigenvalue weighted by atomic mass is 32.2. The number of aromatic hydroxyl groups is 1. The van der Waals surface area contributed by atoms with Crippen LogP contribution in [0.1, 0.15) is 30.9 Å². The summed E-state index contributed by atoms with van der Waals surface area (Å²) in [6.07, 6.45) is 1.35. The van der Waals surface area contributed by atoms with Gasteiger partial charge >= 0.3 is 0 Å². The molecule has 4 heteroatoms. The van der Waals surface area contributed by atoms with Gasteiger partial charge < -0.3 is 10.4 Å². The lowest BCUT2D eigenvalue weighted by molar-refractivity contribution is -0.121. The predicted octanol–water partition coefficient (Wildman–Crippen LogP) is 4.28. The highest BCUT2D eigenvalue weighted by molar-refractivity contribution is 7.99. The third kappa shape index (κ3) is 6.37. The molecule has 1 amide bonds. The van der Waals surface area contributed by atoms with Crippen molar-refractivity contribution < 1.29 is 9.90 Å². The summed E-state index contributed by atoms with van der Waals surface area (Å²) in [4.78, 5) is 13.0. The van der Waals surface area contributed by atoms with E-state index >= 15 is 0 Å². The number of phenolic OH excluding ortho intramolecular Hbond substituents is 1. The van der Waals surface area contributed by atoms with E-state index in [1.54, 1.807) is 23.9 Å². The van der Waals surface area contributed by atoms with Gasteiger partial charge in [-0.3, -0.25) is 4.79 Å². The topological polar surface area (TPSA) is 49.3 Å². The first-order valence-electron chi connectivity index (χ1n) is 7.81. The molecule has 3 nitrogen and oxygen atoms in total. The number of carbonyl (C=O) groups excluding carboxylic acids is 1. The van der Waals surface area contributed by atoms with Gasteiger partial charge in [0.1, 0.15) is 5.75 Å². The molecule has 2 aromatic carbocycles. The molecule has 0 saturated carbocycles. The van der Waals surface area contributed by atoms with Crippen LogP contribution in [0.4, 0.5) is 0 Å². The molecule has 0 heterocycles. The Labute approximate surface area is 142 Å². The van der Waals surface area contributed by atoms with Gasteiger partial charge in [0.2, 0.25) is 5.91 Å². The number of hydrogen-bond acceptors (Lipinski definition) is 3. The zero-order valence-corrected chi connectivity index (χ0v) is 14.4. The number of carbonyl (C=O) groups is 1. The molecule has 0 saturated heterocycles. The molecule has 0 aliphatic rings. The molecule has 122 valence electrons. The van der Waals surface area contributed by atoms with Crippen LogP contribution in [0.15, 0.2) is 53.4 Å². The highest BCUT2D eigenvalue weighted by Crippen LogP contribution is 2.27. The van der Waals surface area contributed by atoms with Crippen molar-refractivity contribution >= 4 is 17.7 Å². The number of phenols is 1. The molecule has 0 bridgehead atoms. The van der Waals surface area contributed by atoms with Crippen LogP contribution < -0.4 is 5.32 Å². The second kappa shape index (κ2) is 8.63. The van der Waals surface area contributed by atoms with E-state index in [1.165, 1.54) is 5.56 Å². The van der Waals surface area contributed by atoms with Crippen molar-refractivity contribution in [3.05, 3.63) is 59.7 Å². The molecule has 1 atom stereocenters. The Balaban J connectivity index is 1.69. The van der Waals surface area contributed by atoms with Crippen molar-refractivity contribution in [1.82, 2.24) is 5.32 Å².